The number of halogens is 1. The first-order valence-electron chi connectivity index (χ1n) is 5.90. The summed E-state index contributed by atoms with van der Waals surface area (Å²) in [6, 6.07) is 6.57. The quantitative estimate of drug-likeness (QED) is 0.910. The van der Waals surface area contributed by atoms with Gasteiger partial charge in [0.05, 0.1) is 18.1 Å². The zero-order chi connectivity index (χ0) is 14.6. The highest BCUT2D eigenvalue weighted by Gasteiger charge is 2.19. The summed E-state index contributed by atoms with van der Waals surface area (Å²) in [5.41, 5.74) is 7.70. The third kappa shape index (κ3) is 4.04. The first kappa shape index (κ1) is 15.1. The lowest BCUT2D eigenvalue weighted by atomic mass is 9.84. The van der Waals surface area contributed by atoms with Crippen LogP contribution in [0.3, 0.4) is 0 Å². The molecule has 2 N–H and O–H groups in total. The summed E-state index contributed by atoms with van der Waals surface area (Å²) in [6.07, 6.45) is -0.269. The molecule has 0 amide bonds. The van der Waals surface area contributed by atoms with E-state index >= 15 is 0 Å². The molecule has 0 aliphatic heterocycles. The van der Waals surface area contributed by atoms with Gasteiger partial charge in [-0.15, -0.1) is 0 Å². The largest absolute Gasteiger partial charge is 0.350 e. The van der Waals surface area contributed by atoms with Crippen LogP contribution in [0.4, 0.5) is 4.53 Å². The number of rotatable bonds is 3. The van der Waals surface area contributed by atoms with Gasteiger partial charge in [0, 0.05) is 10.6 Å². The summed E-state index contributed by atoms with van der Waals surface area (Å²) in [6.45, 7) is 6.03. The number of nitrogens with two attached hydrogens (primary N) is 1. The zero-order valence-corrected chi connectivity index (χ0v) is 11.2. The molecule has 0 saturated heterocycles. The second-order valence-corrected chi connectivity index (χ2v) is 5.47. The molecular weight excluding hydrogens is 247 g/mol. The Morgan fingerprint density at radius 3 is 2.58 bits per heavy atom. The van der Waals surface area contributed by atoms with Crippen molar-refractivity contribution in [1.82, 2.24) is 0 Å². The number of hydrogen-bond donors (Lipinski definition) is 1. The van der Waals surface area contributed by atoms with Gasteiger partial charge >= 0.3 is 5.97 Å². The van der Waals surface area contributed by atoms with E-state index in [-0.39, 0.29) is 11.8 Å². The SMILES string of the molecule is CC(C)(C)c1cc(C#N)cc(C(N)CC(=O)OF)c1. The third-order valence-corrected chi connectivity index (χ3v) is 2.85. The molecular formula is C14H17FN2O2. The van der Waals surface area contributed by atoms with Crippen molar-refractivity contribution in [1.29, 1.82) is 5.26 Å². The average molecular weight is 264 g/mol. The molecule has 5 heteroatoms. The van der Waals surface area contributed by atoms with Gasteiger partial charge in [-0.05, 0) is 28.7 Å². The van der Waals surface area contributed by atoms with Crippen LogP contribution in [-0.4, -0.2) is 5.97 Å². The number of benzene rings is 1. The topological polar surface area (TPSA) is 76.1 Å². The Labute approximate surface area is 111 Å². The summed E-state index contributed by atoms with van der Waals surface area (Å²) >= 11 is 0. The molecule has 0 aromatic heterocycles. The Morgan fingerprint density at radius 2 is 2.11 bits per heavy atom. The molecule has 1 atom stereocenters. The van der Waals surface area contributed by atoms with Gasteiger partial charge in [0.25, 0.3) is 0 Å². The van der Waals surface area contributed by atoms with Crippen molar-refractivity contribution in [3.05, 3.63) is 34.9 Å². The van der Waals surface area contributed by atoms with Crippen LogP contribution in [0.2, 0.25) is 0 Å². The first-order chi connectivity index (χ1) is 8.77. The van der Waals surface area contributed by atoms with Crippen LogP contribution in [0.1, 0.15) is 49.9 Å². The van der Waals surface area contributed by atoms with E-state index in [0.717, 1.165) is 5.56 Å². The van der Waals surface area contributed by atoms with Crippen LogP contribution >= 0.6 is 0 Å². The molecule has 1 rings (SSSR count). The van der Waals surface area contributed by atoms with Crippen molar-refractivity contribution >= 4 is 5.97 Å². The van der Waals surface area contributed by atoms with Gasteiger partial charge in [0.2, 0.25) is 0 Å². The van der Waals surface area contributed by atoms with E-state index < -0.39 is 12.0 Å². The molecule has 19 heavy (non-hydrogen) atoms. The number of carbonyl (C=O) groups is 1. The number of nitrogens with zero attached hydrogens (tertiary/aromatic N) is 1. The van der Waals surface area contributed by atoms with Crippen molar-refractivity contribution < 1.29 is 14.3 Å². The average Bonchev–Trinajstić information content (AvgIpc) is 2.36. The predicted octanol–water partition coefficient (Wildman–Crippen LogP) is 2.67. The molecule has 0 fully saturated rings. The fourth-order valence-corrected chi connectivity index (χ4v) is 1.69. The fourth-order valence-electron chi connectivity index (χ4n) is 1.69. The molecule has 1 aromatic carbocycles. The van der Waals surface area contributed by atoms with Gasteiger partial charge < -0.3 is 5.73 Å². The Balaban J connectivity index is 3.14. The van der Waals surface area contributed by atoms with E-state index in [0.29, 0.717) is 11.1 Å². The van der Waals surface area contributed by atoms with Gasteiger partial charge in [0.15, 0.2) is 0 Å². The zero-order valence-electron chi connectivity index (χ0n) is 11.2. The van der Waals surface area contributed by atoms with Crippen molar-refractivity contribution in [2.45, 2.75) is 38.6 Å². The Bertz CT molecular complexity index is 515. The molecule has 102 valence electrons. The Kier molecular flexibility index (Phi) is 4.62. The van der Waals surface area contributed by atoms with Crippen LogP contribution < -0.4 is 5.73 Å². The minimum Gasteiger partial charge on any atom is -0.323 e. The summed E-state index contributed by atoms with van der Waals surface area (Å²) in [4.78, 5) is 14.0. The highest BCUT2D eigenvalue weighted by Crippen LogP contribution is 2.27. The lowest BCUT2D eigenvalue weighted by molar-refractivity contribution is -0.184. The molecule has 0 bridgehead atoms. The third-order valence-electron chi connectivity index (χ3n) is 2.85. The maximum absolute atomic E-state index is 11.7. The Morgan fingerprint density at radius 1 is 1.47 bits per heavy atom. The van der Waals surface area contributed by atoms with Crippen molar-refractivity contribution in [3.8, 4) is 6.07 Å². The van der Waals surface area contributed by atoms with Crippen molar-refractivity contribution in [3.63, 3.8) is 0 Å². The van der Waals surface area contributed by atoms with Crippen LogP contribution in [0.25, 0.3) is 0 Å². The summed E-state index contributed by atoms with van der Waals surface area (Å²) in [5, 5.41) is 9.02. The number of carbonyl (C=O) groups excluding carboxylic acids is 1. The minimum atomic E-state index is -1.02. The highest BCUT2D eigenvalue weighted by molar-refractivity contribution is 5.69. The summed E-state index contributed by atoms with van der Waals surface area (Å²) < 4.78 is 11.7. The van der Waals surface area contributed by atoms with Crippen LogP contribution in [-0.2, 0) is 15.2 Å². The predicted molar refractivity (Wildman–Crippen MR) is 68.6 cm³/mol. The lowest BCUT2D eigenvalue weighted by Crippen LogP contribution is -2.18. The van der Waals surface area contributed by atoms with E-state index in [9.17, 15) is 9.32 Å². The highest BCUT2D eigenvalue weighted by atomic mass is 19.3. The lowest BCUT2D eigenvalue weighted by Gasteiger charge is -2.21. The maximum Gasteiger partial charge on any atom is 0.350 e. The van der Waals surface area contributed by atoms with Crippen molar-refractivity contribution in [2.75, 3.05) is 0 Å². The normalized spacial score (nSPS) is 12.6. The van der Waals surface area contributed by atoms with E-state index in [2.05, 4.69) is 11.0 Å². The van der Waals surface area contributed by atoms with E-state index in [1.807, 2.05) is 26.8 Å². The van der Waals surface area contributed by atoms with Crippen LogP contribution in [0, 0.1) is 11.3 Å². The fraction of sp³-hybridized carbons (Fsp3) is 0.429. The van der Waals surface area contributed by atoms with Gasteiger partial charge in [0.1, 0.15) is 0 Å². The van der Waals surface area contributed by atoms with Crippen molar-refractivity contribution in [2.24, 2.45) is 5.73 Å². The monoisotopic (exact) mass is 264 g/mol. The standard InChI is InChI=1S/C14H17FN2O2/c1-14(2,3)11-5-9(8-16)4-10(6-11)12(17)7-13(18)19-15/h4-6,12H,7,17H2,1-3H3. The molecule has 0 aliphatic carbocycles. The second kappa shape index (κ2) is 5.81. The number of hydrogen-bond acceptors (Lipinski definition) is 4. The molecule has 0 aliphatic rings. The van der Waals surface area contributed by atoms with E-state index in [1.54, 1.807) is 12.1 Å². The molecule has 4 nitrogen and oxygen atoms in total. The van der Waals surface area contributed by atoms with E-state index in [4.69, 9.17) is 11.0 Å². The van der Waals surface area contributed by atoms with Gasteiger partial charge in [-0.2, -0.15) is 5.26 Å². The Hall–Kier alpha value is -1.93. The molecule has 1 unspecified atom stereocenters. The smallest absolute Gasteiger partial charge is 0.323 e. The van der Waals surface area contributed by atoms with E-state index in [1.165, 1.54) is 0 Å². The second-order valence-electron chi connectivity index (χ2n) is 5.47. The van der Waals surface area contributed by atoms with Crippen LogP contribution in [0.5, 0.6) is 0 Å². The minimum absolute atomic E-state index is 0.151. The summed E-state index contributed by atoms with van der Waals surface area (Å²) in [5.74, 6) is -1.02. The molecule has 0 radical (unpaired) electrons. The summed E-state index contributed by atoms with van der Waals surface area (Å²) in [7, 11) is 0. The molecule has 0 saturated carbocycles. The maximum atomic E-state index is 11.7. The van der Waals surface area contributed by atoms with Crippen LogP contribution in [0.15, 0.2) is 18.2 Å². The van der Waals surface area contributed by atoms with Gasteiger partial charge in [-0.1, -0.05) is 26.8 Å². The molecule has 1 aromatic rings. The first-order valence-corrected chi connectivity index (χ1v) is 5.90. The molecule has 0 heterocycles. The van der Waals surface area contributed by atoms with Gasteiger partial charge in [-0.3, -0.25) is 4.94 Å². The molecule has 0 spiro atoms. The van der Waals surface area contributed by atoms with Gasteiger partial charge in [-0.25, -0.2) is 4.79 Å². The number of nitriles is 1.